The van der Waals surface area contributed by atoms with E-state index in [4.69, 9.17) is 34.0 Å². The summed E-state index contributed by atoms with van der Waals surface area (Å²) < 4.78 is 82.0. The van der Waals surface area contributed by atoms with Crippen molar-refractivity contribution in [3.63, 3.8) is 0 Å². The molecule has 64 heavy (non-hydrogen) atoms. The van der Waals surface area contributed by atoms with E-state index in [1.165, 1.54) is 13.8 Å². The molecule has 11 atom stereocenters. The number of amides is 2. The Kier molecular flexibility index (Phi) is 17.9. The minimum Gasteiger partial charge on any atom is -0.387 e. The number of imidazole rings is 1. The topological polar surface area (TPSA) is 500 Å². The summed E-state index contributed by atoms with van der Waals surface area (Å²) in [5, 5.41) is 55.4. The van der Waals surface area contributed by atoms with Crippen LogP contribution in [0.25, 0.3) is 11.2 Å². The van der Waals surface area contributed by atoms with Crippen LogP contribution in [-0.2, 0) is 64.5 Å². The van der Waals surface area contributed by atoms with Gasteiger partial charge in [0.05, 0.1) is 26.1 Å². The smallest absolute Gasteiger partial charge is 0.387 e. The number of hydrogen-bond donors (Lipinski definition) is 14. The molecule has 2 aliphatic heterocycles. The first-order valence-electron chi connectivity index (χ1n) is 17.9. The van der Waals surface area contributed by atoms with Crippen LogP contribution in [0.1, 0.15) is 26.5 Å². The standard InChI is InChI=1S/C27H45N7O25P4S/c1-26(2,20(39)23(40)30-4-3-14(35)29-5-6-64-25(41)27(42)19(38)16(36)12(57-27)7-53-60(43,44)45)9-55-63(51,52)59-62(49,50)54-8-13-18(58-61(46,47)48)17(37)24(56-13)34-11-33-15-21(28)31-10-32-22(15)34/h10-13,16-20,24,36-39,42H,3-9H2,1-2H3,(H,29,35)(H,30,40)(H,49,50)(H,51,52)(H2,28,31,32)(H2,43,44,45)(H2,46,47,48)/t12-,13?,16-,17?,18?,19-,20?,24?,27-/m1/s1. The summed E-state index contributed by atoms with van der Waals surface area (Å²) in [5.41, 5.74) is 4.08. The van der Waals surface area contributed by atoms with Crippen LogP contribution >= 0.6 is 43.1 Å². The van der Waals surface area contributed by atoms with E-state index in [1.54, 1.807) is 0 Å². The highest BCUT2D eigenvalue weighted by Crippen LogP contribution is 2.61. The first kappa shape index (κ1) is 54.1. The van der Waals surface area contributed by atoms with E-state index in [0.29, 0.717) is 11.8 Å². The van der Waals surface area contributed by atoms with Gasteiger partial charge in [-0.1, -0.05) is 25.6 Å². The second-order valence-corrected chi connectivity index (χ2v) is 20.8. The van der Waals surface area contributed by atoms with Crippen molar-refractivity contribution in [2.24, 2.45) is 5.41 Å². The maximum Gasteiger partial charge on any atom is 0.481 e. The summed E-state index contributed by atoms with van der Waals surface area (Å²) in [5.74, 6) is -5.06. The number of phosphoric ester groups is 4. The number of aliphatic hydroxyl groups excluding tert-OH is 4. The molecule has 0 radical (unpaired) electrons. The fourth-order valence-corrected chi connectivity index (χ4v) is 9.59. The van der Waals surface area contributed by atoms with Gasteiger partial charge in [0.25, 0.3) is 10.9 Å². The second-order valence-electron chi connectivity index (χ2n) is 14.3. The molecule has 32 nitrogen and oxygen atoms in total. The molecule has 0 bridgehead atoms. The highest BCUT2D eigenvalue weighted by molar-refractivity contribution is 8.13. The Labute approximate surface area is 363 Å². The molecule has 0 aromatic carbocycles. The van der Waals surface area contributed by atoms with E-state index < -0.39 is 128 Å². The normalized spacial score (nSPS) is 27.8. The van der Waals surface area contributed by atoms with Crippen molar-refractivity contribution in [1.29, 1.82) is 0 Å². The fourth-order valence-electron chi connectivity index (χ4n) is 5.65. The number of ether oxygens (including phenoxy) is 2. The third-order valence-electron chi connectivity index (χ3n) is 8.87. The summed E-state index contributed by atoms with van der Waals surface area (Å²) in [6, 6.07) is 0. The van der Waals surface area contributed by atoms with Crippen LogP contribution in [-0.4, -0.2) is 179 Å². The van der Waals surface area contributed by atoms with Gasteiger partial charge in [0.1, 0.15) is 54.6 Å². The quantitative estimate of drug-likeness (QED) is 0.0369. The zero-order valence-electron chi connectivity index (χ0n) is 32.9. The van der Waals surface area contributed by atoms with Crippen LogP contribution in [0.4, 0.5) is 5.82 Å². The van der Waals surface area contributed by atoms with E-state index >= 15 is 0 Å². The van der Waals surface area contributed by atoms with Gasteiger partial charge in [-0.25, -0.2) is 33.2 Å². The van der Waals surface area contributed by atoms with E-state index in [2.05, 4.69) is 38.9 Å². The minimum atomic E-state index is -5.64. The predicted molar refractivity (Wildman–Crippen MR) is 207 cm³/mol. The molecule has 2 aromatic heterocycles. The molecule has 2 aliphatic rings. The molecule has 0 saturated carbocycles. The van der Waals surface area contributed by atoms with Crippen molar-refractivity contribution in [2.45, 2.75) is 75.0 Å². The number of nitrogen functional groups attached to an aromatic ring is 1. The number of carbonyl (C=O) groups is 3. The SMILES string of the molecule is CC(C)(COP(=O)(O)OP(=O)(O)OCC1OC(n2cnc3c(N)ncnc32)C(O)C1OP(=O)(O)O)C(O)C(=O)NCCC(=O)NCCSC(=O)[C@]1(O)O[C@H](COP(=O)(O)O)[C@@H](O)[C@H]1O. The number of anilines is 1. The Morgan fingerprint density at radius 2 is 1.56 bits per heavy atom. The van der Waals surface area contributed by atoms with Gasteiger partial charge in [-0.05, 0) is 0 Å². The lowest BCUT2D eigenvalue weighted by atomic mass is 9.87. The molecule has 364 valence electrons. The second kappa shape index (κ2) is 21.2. The molecule has 15 N–H and O–H groups in total. The van der Waals surface area contributed by atoms with E-state index in [-0.39, 0.29) is 42.2 Å². The molecule has 7 unspecified atom stereocenters. The first-order valence-corrected chi connectivity index (χ1v) is 24.9. The number of rotatable bonds is 23. The molecule has 0 aliphatic carbocycles. The molecule has 2 saturated heterocycles. The van der Waals surface area contributed by atoms with Crippen molar-refractivity contribution in [3.8, 4) is 0 Å². The summed E-state index contributed by atoms with van der Waals surface area (Å²) in [4.78, 5) is 106. The van der Waals surface area contributed by atoms with Gasteiger partial charge < -0.3 is 80.7 Å². The summed E-state index contributed by atoms with van der Waals surface area (Å²) in [7, 11) is -21.6. The minimum absolute atomic E-state index is 0.00258. The monoisotopic (exact) mass is 1020 g/mol. The molecule has 4 heterocycles. The maximum absolute atomic E-state index is 12.7. The first-order chi connectivity index (χ1) is 29.4. The Hall–Kier alpha value is -2.49. The summed E-state index contributed by atoms with van der Waals surface area (Å²) >= 11 is 0.357. The molecule has 2 fully saturated rings. The lowest BCUT2D eigenvalue weighted by Crippen LogP contribution is -2.48. The number of aromatic nitrogens is 4. The summed E-state index contributed by atoms with van der Waals surface area (Å²) in [6.07, 6.45) is -13.4. The van der Waals surface area contributed by atoms with Gasteiger partial charge in [-0.2, -0.15) is 4.31 Å². The Bertz CT molecular complexity index is 2200. The largest absolute Gasteiger partial charge is 0.481 e. The number of fused-ring (bicyclic) bond motifs is 1. The number of nitrogens with zero attached hydrogens (tertiary/aromatic N) is 4. The average molecular weight is 1020 g/mol. The van der Waals surface area contributed by atoms with Crippen LogP contribution < -0.4 is 16.4 Å². The van der Waals surface area contributed by atoms with Gasteiger partial charge in [0.15, 0.2) is 17.7 Å². The molecular formula is C27H45N7O25P4S. The van der Waals surface area contributed by atoms with Crippen LogP contribution in [0, 0.1) is 5.41 Å². The van der Waals surface area contributed by atoms with E-state index in [1.807, 2.05) is 0 Å². The van der Waals surface area contributed by atoms with Gasteiger partial charge in [0, 0.05) is 30.7 Å². The highest BCUT2D eigenvalue weighted by atomic mass is 32.2. The number of hydrogen-bond acceptors (Lipinski definition) is 24. The maximum atomic E-state index is 12.7. The fraction of sp³-hybridized carbons (Fsp3) is 0.704. The lowest BCUT2D eigenvalue weighted by Gasteiger charge is -2.30. The Balaban J connectivity index is 1.20. The van der Waals surface area contributed by atoms with Crippen molar-refractivity contribution in [2.75, 3.05) is 44.4 Å². The zero-order chi connectivity index (χ0) is 48.2. The molecule has 0 spiro atoms. The van der Waals surface area contributed by atoms with E-state index in [0.717, 1.165) is 17.2 Å². The van der Waals surface area contributed by atoms with Crippen LogP contribution in [0.15, 0.2) is 12.7 Å². The van der Waals surface area contributed by atoms with Crippen molar-refractivity contribution >= 4 is 77.0 Å². The molecule has 4 rings (SSSR count). The van der Waals surface area contributed by atoms with Gasteiger partial charge in [-0.3, -0.25) is 37.0 Å². The molecule has 37 heteroatoms. The highest BCUT2D eigenvalue weighted by Gasteiger charge is 2.58. The Morgan fingerprint density at radius 3 is 2.20 bits per heavy atom. The summed E-state index contributed by atoms with van der Waals surface area (Å²) in [6.45, 7) is -1.39. The lowest BCUT2D eigenvalue weighted by molar-refractivity contribution is -0.215. The third kappa shape index (κ3) is 14.5. The molecule has 2 amide bonds. The predicted octanol–water partition coefficient (Wildman–Crippen LogP) is -4.42. The van der Waals surface area contributed by atoms with Gasteiger partial charge in [0.2, 0.25) is 11.8 Å². The zero-order valence-corrected chi connectivity index (χ0v) is 37.3. The van der Waals surface area contributed by atoms with Gasteiger partial charge >= 0.3 is 31.3 Å². The van der Waals surface area contributed by atoms with Crippen molar-refractivity contribution in [3.05, 3.63) is 12.7 Å². The number of nitrogens with two attached hydrogens (primary N) is 1. The van der Waals surface area contributed by atoms with Gasteiger partial charge in [-0.15, -0.1) is 0 Å². The third-order valence-corrected chi connectivity index (χ3v) is 13.4. The number of carbonyl (C=O) groups excluding carboxylic acids is 3. The number of aliphatic hydroxyl groups is 5. The van der Waals surface area contributed by atoms with Crippen molar-refractivity contribution in [1.82, 2.24) is 30.2 Å². The number of nitrogens with one attached hydrogen (secondary N) is 2. The molecular weight excluding hydrogens is 978 g/mol. The number of phosphoric acid groups is 4. The van der Waals surface area contributed by atoms with Crippen LogP contribution in [0.5, 0.6) is 0 Å². The molecule has 2 aromatic rings. The van der Waals surface area contributed by atoms with Crippen LogP contribution in [0.2, 0.25) is 0 Å². The van der Waals surface area contributed by atoms with E-state index in [9.17, 15) is 77.8 Å². The average Bonchev–Trinajstić information content (AvgIpc) is 3.81. The Morgan fingerprint density at radius 1 is 0.922 bits per heavy atom. The van der Waals surface area contributed by atoms with Crippen LogP contribution in [0.3, 0.4) is 0 Å². The number of thioether (sulfide) groups is 1. The van der Waals surface area contributed by atoms with Crippen molar-refractivity contribution < 1.29 is 119 Å².